The fourth-order valence-electron chi connectivity index (χ4n) is 2.43. The normalized spacial score (nSPS) is 38.4. The van der Waals surface area contributed by atoms with E-state index in [0.29, 0.717) is 5.41 Å². The molecule has 2 aliphatic rings. The minimum atomic E-state index is 0.661. The van der Waals surface area contributed by atoms with Gasteiger partial charge in [-0.15, -0.1) is 0 Å². The minimum Gasteiger partial charge on any atom is -0.314 e. The van der Waals surface area contributed by atoms with E-state index in [1.807, 2.05) is 0 Å². The predicted molar refractivity (Wildman–Crippen MR) is 42.0 cm³/mol. The van der Waals surface area contributed by atoms with Crippen molar-refractivity contribution >= 4 is 0 Å². The van der Waals surface area contributed by atoms with Crippen LogP contribution in [0.3, 0.4) is 0 Å². The second kappa shape index (κ2) is 1.95. The van der Waals surface area contributed by atoms with Crippen molar-refractivity contribution in [2.45, 2.75) is 19.4 Å². The molecule has 0 amide bonds. The lowest BCUT2D eigenvalue weighted by Crippen LogP contribution is -2.58. The molecule has 0 bridgehead atoms. The van der Waals surface area contributed by atoms with E-state index in [9.17, 15) is 0 Å². The Balaban J connectivity index is 2.03. The Kier molecular flexibility index (Phi) is 1.29. The zero-order chi connectivity index (χ0) is 7.19. The van der Waals surface area contributed by atoms with Gasteiger partial charge in [0.25, 0.3) is 0 Å². The van der Waals surface area contributed by atoms with E-state index in [-0.39, 0.29) is 0 Å². The molecule has 2 saturated heterocycles. The van der Waals surface area contributed by atoms with Gasteiger partial charge in [0.2, 0.25) is 0 Å². The van der Waals surface area contributed by atoms with Gasteiger partial charge in [0.1, 0.15) is 0 Å². The van der Waals surface area contributed by atoms with Crippen LogP contribution in [0.4, 0.5) is 0 Å². The molecule has 2 nitrogen and oxygen atoms in total. The van der Waals surface area contributed by atoms with Crippen LogP contribution in [0.5, 0.6) is 0 Å². The molecule has 2 aliphatic heterocycles. The number of hydrogen-bond donors (Lipinski definition) is 1. The summed E-state index contributed by atoms with van der Waals surface area (Å²) in [6.07, 6.45) is 1.39. The molecule has 2 fully saturated rings. The van der Waals surface area contributed by atoms with E-state index in [1.54, 1.807) is 0 Å². The second-order valence-corrected chi connectivity index (χ2v) is 3.96. The van der Waals surface area contributed by atoms with E-state index in [2.05, 4.69) is 24.2 Å². The zero-order valence-corrected chi connectivity index (χ0v) is 6.85. The maximum Gasteiger partial charge on any atom is 0.0120 e. The van der Waals surface area contributed by atoms with Gasteiger partial charge in [-0.05, 0) is 26.9 Å². The Morgan fingerprint density at radius 1 is 1.50 bits per heavy atom. The van der Waals surface area contributed by atoms with Crippen molar-refractivity contribution in [3.63, 3.8) is 0 Å². The molecular weight excluding hydrogens is 124 g/mol. The molecule has 10 heavy (non-hydrogen) atoms. The molecule has 0 aromatic rings. The molecule has 1 N–H and O–H groups in total. The smallest absolute Gasteiger partial charge is 0.0120 e. The van der Waals surface area contributed by atoms with Crippen molar-refractivity contribution in [3.05, 3.63) is 0 Å². The van der Waals surface area contributed by atoms with E-state index >= 15 is 0 Å². The Morgan fingerprint density at radius 3 is 2.60 bits per heavy atom. The lowest BCUT2D eigenvalue weighted by Gasteiger charge is -2.48. The topological polar surface area (TPSA) is 15.3 Å². The van der Waals surface area contributed by atoms with Gasteiger partial charge in [-0.1, -0.05) is 0 Å². The molecule has 0 unspecified atom stereocenters. The monoisotopic (exact) mass is 140 g/mol. The van der Waals surface area contributed by atoms with Gasteiger partial charge in [-0.3, -0.25) is 0 Å². The third kappa shape index (κ3) is 0.722. The highest BCUT2D eigenvalue weighted by Gasteiger charge is 2.47. The maximum atomic E-state index is 3.51. The Bertz CT molecular complexity index is 138. The summed E-state index contributed by atoms with van der Waals surface area (Å²) >= 11 is 0. The van der Waals surface area contributed by atoms with Crippen LogP contribution in [0.2, 0.25) is 0 Å². The minimum absolute atomic E-state index is 0.661. The number of likely N-dealkylation sites (tertiary alicyclic amines) is 1. The first-order chi connectivity index (χ1) is 4.73. The molecule has 0 radical (unpaired) electrons. The quantitative estimate of drug-likeness (QED) is 0.520. The maximum absolute atomic E-state index is 3.51. The highest BCUT2D eigenvalue weighted by Crippen LogP contribution is 2.39. The standard InChI is InChI=1S/C8H16N2/c1-7-8(3-4-9-7)5-10(2)6-8/h7,9H,3-6H2,1-2H3/t7-/m1/s1. The van der Waals surface area contributed by atoms with Crippen LogP contribution in [0.15, 0.2) is 0 Å². The van der Waals surface area contributed by atoms with Gasteiger partial charge in [-0.2, -0.15) is 0 Å². The lowest BCUT2D eigenvalue weighted by atomic mass is 9.74. The van der Waals surface area contributed by atoms with Crippen LogP contribution in [-0.4, -0.2) is 37.6 Å². The first-order valence-electron chi connectivity index (χ1n) is 4.15. The number of hydrogen-bond acceptors (Lipinski definition) is 2. The fourth-order valence-corrected chi connectivity index (χ4v) is 2.43. The summed E-state index contributed by atoms with van der Waals surface area (Å²) in [4.78, 5) is 2.41. The van der Waals surface area contributed by atoms with Crippen molar-refractivity contribution in [1.82, 2.24) is 10.2 Å². The van der Waals surface area contributed by atoms with Crippen molar-refractivity contribution in [2.24, 2.45) is 5.41 Å². The summed E-state index contributed by atoms with van der Waals surface area (Å²) in [5, 5.41) is 3.51. The van der Waals surface area contributed by atoms with E-state index < -0.39 is 0 Å². The third-order valence-electron chi connectivity index (χ3n) is 3.16. The van der Waals surface area contributed by atoms with Gasteiger partial charge < -0.3 is 10.2 Å². The predicted octanol–water partition coefficient (Wildman–Crippen LogP) is 0.300. The number of rotatable bonds is 0. The van der Waals surface area contributed by atoms with Crippen LogP contribution in [0, 0.1) is 5.41 Å². The zero-order valence-electron chi connectivity index (χ0n) is 6.85. The van der Waals surface area contributed by atoms with Crippen LogP contribution in [0.1, 0.15) is 13.3 Å². The Labute approximate surface area is 62.6 Å². The largest absolute Gasteiger partial charge is 0.314 e. The second-order valence-electron chi connectivity index (χ2n) is 3.96. The van der Waals surface area contributed by atoms with Crippen molar-refractivity contribution in [3.8, 4) is 0 Å². The summed E-state index contributed by atoms with van der Waals surface area (Å²) in [6, 6.07) is 0.753. The van der Waals surface area contributed by atoms with Crippen LogP contribution in [-0.2, 0) is 0 Å². The molecule has 0 aliphatic carbocycles. The van der Waals surface area contributed by atoms with Gasteiger partial charge in [0.15, 0.2) is 0 Å². The Morgan fingerprint density at radius 2 is 2.20 bits per heavy atom. The van der Waals surface area contributed by atoms with E-state index in [1.165, 1.54) is 26.1 Å². The highest BCUT2D eigenvalue weighted by molar-refractivity contribution is 5.03. The molecule has 2 heteroatoms. The molecule has 1 atom stereocenters. The number of nitrogens with zero attached hydrogens (tertiary/aromatic N) is 1. The summed E-state index contributed by atoms with van der Waals surface area (Å²) in [7, 11) is 2.20. The third-order valence-corrected chi connectivity index (χ3v) is 3.16. The van der Waals surface area contributed by atoms with Crippen molar-refractivity contribution < 1.29 is 0 Å². The van der Waals surface area contributed by atoms with Gasteiger partial charge in [-0.25, -0.2) is 0 Å². The van der Waals surface area contributed by atoms with Crippen molar-refractivity contribution in [1.29, 1.82) is 0 Å². The van der Waals surface area contributed by atoms with Gasteiger partial charge >= 0.3 is 0 Å². The molecule has 0 aromatic heterocycles. The molecule has 1 spiro atoms. The summed E-state index contributed by atoms with van der Waals surface area (Å²) in [5.41, 5.74) is 0.661. The SMILES string of the molecule is C[C@H]1NCCC12CN(C)C2. The lowest BCUT2D eigenvalue weighted by molar-refractivity contribution is 0.0163. The summed E-state index contributed by atoms with van der Waals surface area (Å²) in [5.74, 6) is 0. The van der Waals surface area contributed by atoms with Gasteiger partial charge in [0.05, 0.1) is 0 Å². The van der Waals surface area contributed by atoms with Gasteiger partial charge in [0, 0.05) is 24.5 Å². The van der Waals surface area contributed by atoms with E-state index in [0.717, 1.165) is 6.04 Å². The van der Waals surface area contributed by atoms with E-state index in [4.69, 9.17) is 0 Å². The first kappa shape index (κ1) is 6.62. The van der Waals surface area contributed by atoms with Crippen LogP contribution in [0.25, 0.3) is 0 Å². The van der Waals surface area contributed by atoms with Crippen molar-refractivity contribution in [2.75, 3.05) is 26.7 Å². The fraction of sp³-hybridized carbons (Fsp3) is 1.00. The highest BCUT2D eigenvalue weighted by atomic mass is 15.2. The molecule has 0 saturated carbocycles. The van der Waals surface area contributed by atoms with Crippen LogP contribution < -0.4 is 5.32 Å². The Hall–Kier alpha value is -0.0800. The molecule has 2 rings (SSSR count). The first-order valence-corrected chi connectivity index (χ1v) is 4.15. The summed E-state index contributed by atoms with van der Waals surface area (Å²) < 4.78 is 0. The molecule has 2 heterocycles. The average Bonchev–Trinajstić information content (AvgIpc) is 2.12. The average molecular weight is 140 g/mol. The summed E-state index contributed by atoms with van der Waals surface area (Å²) in [6.45, 7) is 6.16. The molecule has 58 valence electrons. The number of nitrogens with one attached hydrogen (secondary N) is 1. The van der Waals surface area contributed by atoms with Crippen LogP contribution >= 0.6 is 0 Å². The molecule has 0 aromatic carbocycles. The molecular formula is C8H16N2.